The summed E-state index contributed by atoms with van der Waals surface area (Å²) < 4.78 is 0. The maximum Gasteiger partial charge on any atom is 0.244 e. The van der Waals surface area contributed by atoms with Crippen LogP contribution in [0.2, 0.25) is 0 Å². The maximum absolute atomic E-state index is 12.7. The van der Waals surface area contributed by atoms with E-state index in [1.165, 1.54) is 5.56 Å². The number of benzene rings is 1. The topological polar surface area (TPSA) is 32.3 Å². The van der Waals surface area contributed by atoms with Gasteiger partial charge in [-0.3, -0.25) is 4.79 Å². The van der Waals surface area contributed by atoms with Crippen LogP contribution in [0.5, 0.6) is 0 Å². The van der Waals surface area contributed by atoms with Crippen LogP contribution in [-0.2, 0) is 11.2 Å². The van der Waals surface area contributed by atoms with Gasteiger partial charge in [-0.1, -0.05) is 25.1 Å². The molecule has 0 spiro atoms. The van der Waals surface area contributed by atoms with E-state index in [1.807, 2.05) is 24.1 Å². The molecule has 1 amide bonds. The fraction of sp³-hybridized carbons (Fsp3) is 0.533. The van der Waals surface area contributed by atoms with Crippen molar-refractivity contribution in [2.75, 3.05) is 11.9 Å². The average Bonchev–Trinajstić information content (AvgIpc) is 2.41. The molecule has 1 aliphatic heterocycles. The number of hydrogen-bond acceptors (Lipinski definition) is 2. The van der Waals surface area contributed by atoms with Gasteiger partial charge in [-0.15, -0.1) is 0 Å². The molecular weight excluding hydrogens is 224 g/mol. The molecule has 1 aromatic carbocycles. The molecular formula is C15H22N2O. The first-order valence-corrected chi connectivity index (χ1v) is 6.64. The van der Waals surface area contributed by atoms with Crippen LogP contribution in [0.25, 0.3) is 0 Å². The summed E-state index contributed by atoms with van der Waals surface area (Å²) in [5.41, 5.74) is 2.34. The minimum absolute atomic E-state index is 0.0974. The lowest BCUT2D eigenvalue weighted by Gasteiger charge is -2.30. The normalized spacial score (nSPS) is 24.1. The van der Waals surface area contributed by atoms with E-state index in [0.29, 0.717) is 5.92 Å². The third kappa shape index (κ3) is 2.15. The van der Waals surface area contributed by atoms with Gasteiger partial charge in [0.15, 0.2) is 0 Å². The Morgan fingerprint density at radius 1 is 1.33 bits per heavy atom. The van der Waals surface area contributed by atoms with Crippen LogP contribution in [0.4, 0.5) is 5.69 Å². The van der Waals surface area contributed by atoms with Crippen LogP contribution in [-0.4, -0.2) is 25.0 Å². The van der Waals surface area contributed by atoms with Crippen molar-refractivity contribution < 1.29 is 4.79 Å². The quantitative estimate of drug-likeness (QED) is 0.867. The fourth-order valence-electron chi connectivity index (χ4n) is 2.84. The summed E-state index contributed by atoms with van der Waals surface area (Å²) in [7, 11) is 1.87. The second-order valence-electron chi connectivity index (χ2n) is 5.38. The maximum atomic E-state index is 12.7. The Morgan fingerprint density at radius 3 is 2.61 bits per heavy atom. The van der Waals surface area contributed by atoms with E-state index in [4.69, 9.17) is 0 Å². The number of nitrogens with zero attached hydrogens (tertiary/aromatic N) is 1. The molecule has 1 N–H and O–H groups in total. The number of likely N-dealkylation sites (N-methyl/N-ethyl adjacent to an activating group) is 1. The van der Waals surface area contributed by atoms with Crippen molar-refractivity contribution in [1.82, 2.24) is 5.32 Å². The van der Waals surface area contributed by atoms with Gasteiger partial charge < -0.3 is 10.2 Å². The zero-order valence-corrected chi connectivity index (χ0v) is 11.6. The second kappa shape index (κ2) is 5.11. The summed E-state index contributed by atoms with van der Waals surface area (Å²) in [5, 5.41) is 3.17. The van der Waals surface area contributed by atoms with Crippen molar-refractivity contribution in [1.29, 1.82) is 0 Å². The van der Waals surface area contributed by atoms with E-state index in [0.717, 1.165) is 12.1 Å². The van der Waals surface area contributed by atoms with Crippen LogP contribution >= 0.6 is 0 Å². The van der Waals surface area contributed by atoms with Crippen molar-refractivity contribution >= 4 is 11.6 Å². The number of nitrogens with one attached hydrogen (secondary N) is 1. The second-order valence-corrected chi connectivity index (χ2v) is 5.38. The molecule has 1 heterocycles. The molecule has 0 saturated carbocycles. The number of hydrogen-bond donors (Lipinski definition) is 1. The van der Waals surface area contributed by atoms with Gasteiger partial charge in [-0.05, 0) is 44.9 Å². The minimum atomic E-state index is -0.0974. The first kappa shape index (κ1) is 13.1. The molecule has 2 unspecified atom stereocenters. The number of rotatable bonds is 2. The number of carbonyl (C=O) groups is 1. The third-order valence-corrected chi connectivity index (χ3v) is 3.69. The van der Waals surface area contributed by atoms with Crippen molar-refractivity contribution in [3.63, 3.8) is 0 Å². The molecule has 0 aromatic heterocycles. The zero-order chi connectivity index (χ0) is 13.3. The molecule has 0 radical (unpaired) electrons. The lowest BCUT2D eigenvalue weighted by Crippen LogP contribution is -2.50. The molecule has 0 bridgehead atoms. The first-order valence-electron chi connectivity index (χ1n) is 6.64. The van der Waals surface area contributed by atoms with Crippen molar-refractivity contribution in [2.45, 2.75) is 39.3 Å². The molecule has 18 heavy (non-hydrogen) atoms. The minimum Gasteiger partial charge on any atom is -0.309 e. The summed E-state index contributed by atoms with van der Waals surface area (Å²) in [6, 6.07) is 8.32. The summed E-state index contributed by atoms with van der Waals surface area (Å²) >= 11 is 0. The highest BCUT2D eigenvalue weighted by atomic mass is 16.2. The van der Waals surface area contributed by atoms with Crippen LogP contribution in [0, 0.1) is 5.92 Å². The van der Waals surface area contributed by atoms with E-state index in [9.17, 15) is 4.79 Å². The predicted octanol–water partition coefficient (Wildman–Crippen LogP) is 2.21. The SMILES string of the molecule is CNC1C(=O)N(C(C)C)c2ccccc2CC1C. The van der Waals surface area contributed by atoms with E-state index in [2.05, 4.69) is 38.2 Å². The summed E-state index contributed by atoms with van der Waals surface area (Å²) in [5.74, 6) is 0.498. The van der Waals surface area contributed by atoms with Gasteiger partial charge in [0.05, 0.1) is 6.04 Å². The van der Waals surface area contributed by atoms with Gasteiger partial charge in [0.1, 0.15) is 0 Å². The molecule has 2 rings (SSSR count). The highest BCUT2D eigenvalue weighted by Crippen LogP contribution is 2.30. The van der Waals surface area contributed by atoms with E-state index < -0.39 is 0 Å². The zero-order valence-electron chi connectivity index (χ0n) is 11.6. The lowest BCUT2D eigenvalue weighted by atomic mass is 9.95. The molecule has 0 saturated heterocycles. The Kier molecular flexibility index (Phi) is 3.71. The van der Waals surface area contributed by atoms with E-state index >= 15 is 0 Å². The Bertz CT molecular complexity index is 442. The summed E-state index contributed by atoms with van der Waals surface area (Å²) in [6.45, 7) is 6.27. The molecule has 98 valence electrons. The lowest BCUT2D eigenvalue weighted by molar-refractivity contribution is -0.121. The van der Waals surface area contributed by atoms with Crippen LogP contribution in [0.1, 0.15) is 26.3 Å². The highest BCUT2D eigenvalue weighted by Gasteiger charge is 2.34. The highest BCUT2D eigenvalue weighted by molar-refractivity contribution is 5.99. The van der Waals surface area contributed by atoms with Crippen molar-refractivity contribution in [3.05, 3.63) is 29.8 Å². The Balaban J connectivity index is 2.52. The first-order chi connectivity index (χ1) is 8.56. The standard InChI is InChI=1S/C15H22N2O/c1-10(2)17-13-8-6-5-7-12(13)9-11(3)14(16-4)15(17)18/h5-8,10-11,14,16H,9H2,1-4H3. The van der Waals surface area contributed by atoms with Gasteiger partial charge in [-0.25, -0.2) is 0 Å². The Labute approximate surface area is 109 Å². The smallest absolute Gasteiger partial charge is 0.244 e. The Morgan fingerprint density at radius 2 is 2.00 bits per heavy atom. The van der Waals surface area contributed by atoms with Gasteiger partial charge in [0, 0.05) is 11.7 Å². The third-order valence-electron chi connectivity index (χ3n) is 3.69. The average molecular weight is 246 g/mol. The monoisotopic (exact) mass is 246 g/mol. The number of para-hydroxylation sites is 1. The number of amides is 1. The van der Waals surface area contributed by atoms with Crippen LogP contribution in [0.15, 0.2) is 24.3 Å². The van der Waals surface area contributed by atoms with E-state index in [-0.39, 0.29) is 18.0 Å². The van der Waals surface area contributed by atoms with Crippen molar-refractivity contribution in [2.24, 2.45) is 5.92 Å². The van der Waals surface area contributed by atoms with Gasteiger partial charge in [-0.2, -0.15) is 0 Å². The molecule has 0 fully saturated rings. The van der Waals surface area contributed by atoms with Crippen molar-refractivity contribution in [3.8, 4) is 0 Å². The summed E-state index contributed by atoms with van der Waals surface area (Å²) in [6.07, 6.45) is 0.941. The fourth-order valence-corrected chi connectivity index (χ4v) is 2.84. The molecule has 1 aromatic rings. The summed E-state index contributed by atoms with van der Waals surface area (Å²) in [4.78, 5) is 14.6. The molecule has 1 aliphatic rings. The molecule has 2 atom stereocenters. The predicted molar refractivity (Wildman–Crippen MR) is 74.8 cm³/mol. The van der Waals surface area contributed by atoms with Gasteiger partial charge >= 0.3 is 0 Å². The Hall–Kier alpha value is -1.35. The van der Waals surface area contributed by atoms with Gasteiger partial charge in [0.2, 0.25) is 5.91 Å². The van der Waals surface area contributed by atoms with Gasteiger partial charge in [0.25, 0.3) is 0 Å². The largest absolute Gasteiger partial charge is 0.309 e. The molecule has 0 aliphatic carbocycles. The molecule has 3 heteroatoms. The van der Waals surface area contributed by atoms with E-state index in [1.54, 1.807) is 0 Å². The number of fused-ring (bicyclic) bond motifs is 1. The van der Waals surface area contributed by atoms with Crippen LogP contribution < -0.4 is 10.2 Å². The molecule has 3 nitrogen and oxygen atoms in total. The number of carbonyl (C=O) groups excluding carboxylic acids is 1. The van der Waals surface area contributed by atoms with Crippen LogP contribution in [0.3, 0.4) is 0 Å². The number of anilines is 1.